The highest BCUT2D eigenvalue weighted by atomic mass is 32.1. The fourth-order valence-corrected chi connectivity index (χ4v) is 4.62. The number of likely N-dealkylation sites (tertiary alicyclic amines) is 2. The van der Waals surface area contributed by atoms with Crippen molar-refractivity contribution < 1.29 is 9.59 Å². The van der Waals surface area contributed by atoms with Crippen LogP contribution in [0.1, 0.15) is 59.4 Å². The zero-order chi connectivity index (χ0) is 17.1. The van der Waals surface area contributed by atoms with Crippen LogP contribution in [-0.2, 0) is 11.2 Å². The number of aryl methyl sites for hydroxylation is 2. The Morgan fingerprint density at radius 3 is 2.33 bits per heavy atom. The lowest BCUT2D eigenvalue weighted by molar-refractivity contribution is -0.137. The van der Waals surface area contributed by atoms with Gasteiger partial charge in [-0.1, -0.05) is 6.92 Å². The molecule has 2 aliphatic heterocycles. The molecule has 0 radical (unpaired) electrons. The Kier molecular flexibility index (Phi) is 5.54. The third kappa shape index (κ3) is 3.63. The van der Waals surface area contributed by atoms with E-state index in [4.69, 9.17) is 0 Å². The van der Waals surface area contributed by atoms with E-state index >= 15 is 0 Å². The van der Waals surface area contributed by atoms with E-state index in [1.54, 1.807) is 0 Å². The van der Waals surface area contributed by atoms with E-state index in [2.05, 4.69) is 11.9 Å². The van der Waals surface area contributed by atoms with Crippen LogP contribution in [0.2, 0.25) is 0 Å². The molecule has 0 bridgehead atoms. The van der Waals surface area contributed by atoms with Gasteiger partial charge in [0.25, 0.3) is 5.91 Å². The van der Waals surface area contributed by atoms with Crippen molar-refractivity contribution in [1.82, 2.24) is 14.8 Å². The predicted octanol–water partition coefficient (Wildman–Crippen LogP) is 2.88. The van der Waals surface area contributed by atoms with Crippen molar-refractivity contribution in [2.24, 2.45) is 5.92 Å². The van der Waals surface area contributed by atoms with Gasteiger partial charge < -0.3 is 9.80 Å². The summed E-state index contributed by atoms with van der Waals surface area (Å²) in [6.45, 7) is 7.17. The van der Waals surface area contributed by atoms with E-state index in [1.807, 2.05) is 16.7 Å². The van der Waals surface area contributed by atoms with Crippen LogP contribution in [0.3, 0.4) is 0 Å². The molecule has 0 aromatic carbocycles. The maximum atomic E-state index is 12.7. The Morgan fingerprint density at radius 1 is 1.08 bits per heavy atom. The number of carbonyl (C=O) groups is 2. The zero-order valence-electron chi connectivity index (χ0n) is 14.7. The van der Waals surface area contributed by atoms with E-state index in [-0.39, 0.29) is 11.8 Å². The number of nitrogens with zero attached hydrogens (tertiary/aromatic N) is 3. The van der Waals surface area contributed by atoms with Crippen molar-refractivity contribution in [3.05, 3.63) is 15.6 Å². The second-order valence-corrected chi connectivity index (χ2v) is 7.91. The first-order valence-electron chi connectivity index (χ1n) is 9.14. The molecule has 2 amide bonds. The highest BCUT2D eigenvalue weighted by molar-refractivity contribution is 7.13. The van der Waals surface area contributed by atoms with Gasteiger partial charge >= 0.3 is 0 Å². The molecule has 1 aromatic rings. The molecule has 0 unspecified atom stereocenters. The van der Waals surface area contributed by atoms with Crippen LogP contribution in [0.4, 0.5) is 0 Å². The van der Waals surface area contributed by atoms with Gasteiger partial charge in [-0.25, -0.2) is 4.98 Å². The van der Waals surface area contributed by atoms with Crippen LogP contribution in [0.15, 0.2) is 0 Å². The van der Waals surface area contributed by atoms with E-state index < -0.39 is 0 Å². The molecule has 3 rings (SSSR count). The largest absolute Gasteiger partial charge is 0.342 e. The number of aromatic nitrogens is 1. The highest BCUT2D eigenvalue weighted by Crippen LogP contribution is 2.26. The van der Waals surface area contributed by atoms with Gasteiger partial charge in [-0.2, -0.15) is 0 Å². The molecule has 0 aliphatic carbocycles. The molecule has 0 spiro atoms. The summed E-state index contributed by atoms with van der Waals surface area (Å²) in [5.41, 5.74) is 0.841. The first-order chi connectivity index (χ1) is 11.6. The molecule has 132 valence electrons. The standard InChI is InChI=1S/C18H27N3O2S/c1-3-15-19-13(2)16(24-15)18(23)21-11-7-14(8-12-21)17(22)20-9-5-4-6-10-20/h14H,3-12H2,1-2H3. The van der Waals surface area contributed by atoms with Gasteiger partial charge in [-0.3, -0.25) is 9.59 Å². The SMILES string of the molecule is CCc1nc(C)c(C(=O)N2CCC(C(=O)N3CCCCC3)CC2)s1. The first-order valence-corrected chi connectivity index (χ1v) is 9.96. The molecule has 0 saturated carbocycles. The minimum Gasteiger partial charge on any atom is -0.342 e. The van der Waals surface area contributed by atoms with Gasteiger partial charge in [-0.15, -0.1) is 11.3 Å². The van der Waals surface area contributed by atoms with Crippen LogP contribution >= 0.6 is 11.3 Å². The Balaban J connectivity index is 1.57. The topological polar surface area (TPSA) is 53.5 Å². The highest BCUT2D eigenvalue weighted by Gasteiger charge is 2.31. The smallest absolute Gasteiger partial charge is 0.265 e. The number of hydrogen-bond acceptors (Lipinski definition) is 4. The van der Waals surface area contributed by atoms with Crippen LogP contribution in [0.25, 0.3) is 0 Å². The quantitative estimate of drug-likeness (QED) is 0.843. The Hall–Kier alpha value is -1.43. The summed E-state index contributed by atoms with van der Waals surface area (Å²) in [7, 11) is 0. The molecule has 2 saturated heterocycles. The van der Waals surface area contributed by atoms with E-state index in [9.17, 15) is 9.59 Å². The van der Waals surface area contributed by atoms with Crippen molar-refractivity contribution >= 4 is 23.2 Å². The minimum absolute atomic E-state index is 0.0913. The molecule has 5 nitrogen and oxygen atoms in total. The van der Waals surface area contributed by atoms with Crippen LogP contribution in [0, 0.1) is 12.8 Å². The van der Waals surface area contributed by atoms with Crippen LogP contribution in [-0.4, -0.2) is 52.8 Å². The second kappa shape index (κ2) is 7.64. The molecule has 0 atom stereocenters. The summed E-state index contributed by atoms with van der Waals surface area (Å²) in [5.74, 6) is 0.499. The summed E-state index contributed by atoms with van der Waals surface area (Å²) in [6, 6.07) is 0. The molecule has 2 fully saturated rings. The minimum atomic E-state index is 0.0913. The maximum Gasteiger partial charge on any atom is 0.265 e. The maximum absolute atomic E-state index is 12.7. The van der Waals surface area contributed by atoms with Crippen molar-refractivity contribution in [1.29, 1.82) is 0 Å². The van der Waals surface area contributed by atoms with Gasteiger partial charge in [0.15, 0.2) is 0 Å². The van der Waals surface area contributed by atoms with E-state index in [1.165, 1.54) is 17.8 Å². The fourth-order valence-electron chi connectivity index (χ4n) is 3.65. The third-order valence-corrected chi connectivity index (χ3v) is 6.43. The average Bonchev–Trinajstić information content (AvgIpc) is 3.02. The monoisotopic (exact) mass is 349 g/mol. The van der Waals surface area contributed by atoms with Gasteiger partial charge in [0.05, 0.1) is 10.7 Å². The lowest BCUT2D eigenvalue weighted by atomic mass is 9.94. The molecule has 24 heavy (non-hydrogen) atoms. The third-order valence-electron chi connectivity index (χ3n) is 5.14. The number of amides is 2. The number of rotatable bonds is 3. The second-order valence-electron chi connectivity index (χ2n) is 6.83. The van der Waals surface area contributed by atoms with Gasteiger partial charge in [0, 0.05) is 32.1 Å². The summed E-state index contributed by atoms with van der Waals surface area (Å²) in [4.78, 5) is 34.5. The molecule has 6 heteroatoms. The Labute approximate surface area is 148 Å². The van der Waals surface area contributed by atoms with Crippen LogP contribution in [0.5, 0.6) is 0 Å². The average molecular weight is 350 g/mol. The number of piperidine rings is 2. The molecule has 2 aliphatic rings. The van der Waals surface area contributed by atoms with Gasteiger partial charge in [0.2, 0.25) is 5.91 Å². The Bertz CT molecular complexity index is 599. The fraction of sp³-hybridized carbons (Fsp3) is 0.722. The van der Waals surface area contributed by atoms with Crippen molar-refractivity contribution in [2.75, 3.05) is 26.2 Å². The molecule has 1 aromatic heterocycles. The summed E-state index contributed by atoms with van der Waals surface area (Å²) in [5, 5.41) is 1.02. The lowest BCUT2D eigenvalue weighted by Gasteiger charge is -2.35. The molecule has 3 heterocycles. The number of carbonyl (C=O) groups excluding carboxylic acids is 2. The summed E-state index contributed by atoms with van der Waals surface area (Å²) >= 11 is 1.51. The molecular formula is C18H27N3O2S. The van der Waals surface area contributed by atoms with Crippen molar-refractivity contribution in [2.45, 2.75) is 52.4 Å². The predicted molar refractivity (Wildman–Crippen MR) is 95.3 cm³/mol. The summed E-state index contributed by atoms with van der Waals surface area (Å²) < 4.78 is 0. The zero-order valence-corrected chi connectivity index (χ0v) is 15.5. The Morgan fingerprint density at radius 2 is 1.75 bits per heavy atom. The van der Waals surface area contributed by atoms with Crippen LogP contribution < -0.4 is 0 Å². The number of hydrogen-bond donors (Lipinski definition) is 0. The molecular weight excluding hydrogens is 322 g/mol. The lowest BCUT2D eigenvalue weighted by Crippen LogP contribution is -2.45. The molecule has 0 N–H and O–H groups in total. The van der Waals surface area contributed by atoms with Gasteiger partial charge in [0.1, 0.15) is 4.88 Å². The van der Waals surface area contributed by atoms with Gasteiger partial charge in [-0.05, 0) is 45.4 Å². The normalized spacial score (nSPS) is 19.6. The first kappa shape index (κ1) is 17.4. The van der Waals surface area contributed by atoms with Crippen molar-refractivity contribution in [3.8, 4) is 0 Å². The van der Waals surface area contributed by atoms with Crippen molar-refractivity contribution in [3.63, 3.8) is 0 Å². The van der Waals surface area contributed by atoms with E-state index in [0.29, 0.717) is 19.0 Å². The van der Waals surface area contributed by atoms with E-state index in [0.717, 1.165) is 60.8 Å². The summed E-state index contributed by atoms with van der Waals surface area (Å²) in [6.07, 6.45) is 5.95. The number of thiazole rings is 1.